The summed E-state index contributed by atoms with van der Waals surface area (Å²) in [6, 6.07) is 16.5. The quantitative estimate of drug-likeness (QED) is 0.498. The van der Waals surface area contributed by atoms with Crippen LogP contribution in [0.5, 0.6) is 5.75 Å². The average Bonchev–Trinajstić information content (AvgIpc) is 2.83. The fraction of sp³-hybridized carbons (Fsp3) is 0.174. The van der Waals surface area contributed by atoms with Crippen molar-refractivity contribution < 1.29 is 9.53 Å². The Morgan fingerprint density at radius 1 is 1.06 bits per heavy atom. The minimum atomic E-state index is -0.176. The number of benzene rings is 2. The zero-order valence-corrected chi connectivity index (χ0v) is 17.0. The van der Waals surface area contributed by atoms with Gasteiger partial charge in [0.05, 0.1) is 42.3 Å². The maximum absolute atomic E-state index is 12.5. The number of methoxy groups -OCH3 is 1. The predicted molar refractivity (Wildman–Crippen MR) is 116 cm³/mol. The number of amides is 1. The van der Waals surface area contributed by atoms with Crippen LogP contribution in [0.2, 0.25) is 0 Å². The molecule has 0 atom stereocenters. The van der Waals surface area contributed by atoms with Gasteiger partial charge in [0.1, 0.15) is 12.1 Å². The number of fused-ring (bicyclic) bond motifs is 1. The lowest BCUT2D eigenvalue weighted by molar-refractivity contribution is -0.121. The number of aryl methyl sites for hydroxylation is 1. The molecule has 0 spiro atoms. The van der Waals surface area contributed by atoms with Crippen LogP contribution in [0.4, 0.5) is 0 Å². The second kappa shape index (κ2) is 9.17. The molecule has 0 unspecified atom stereocenters. The lowest BCUT2D eigenvalue weighted by atomic mass is 10.1. The summed E-state index contributed by atoms with van der Waals surface area (Å²) >= 11 is 0. The first-order chi connectivity index (χ1) is 15.1. The SMILES string of the molecule is COc1ccc(-c2cc(CNC(=O)CCn3cnc4ccccc4c3=O)ncn2)cc1. The molecule has 0 aliphatic carbocycles. The molecule has 4 aromatic rings. The molecule has 0 radical (unpaired) electrons. The summed E-state index contributed by atoms with van der Waals surface area (Å²) in [4.78, 5) is 37.6. The van der Waals surface area contributed by atoms with E-state index in [4.69, 9.17) is 4.74 Å². The van der Waals surface area contributed by atoms with Crippen LogP contribution in [0.25, 0.3) is 22.2 Å². The summed E-state index contributed by atoms with van der Waals surface area (Å²) in [5, 5.41) is 3.38. The molecule has 0 aliphatic heterocycles. The van der Waals surface area contributed by atoms with E-state index >= 15 is 0 Å². The zero-order chi connectivity index (χ0) is 21.6. The van der Waals surface area contributed by atoms with Gasteiger partial charge in [0, 0.05) is 18.5 Å². The largest absolute Gasteiger partial charge is 0.497 e. The Kier molecular flexibility index (Phi) is 5.98. The van der Waals surface area contributed by atoms with Crippen molar-refractivity contribution >= 4 is 16.8 Å². The third-order valence-corrected chi connectivity index (χ3v) is 4.89. The Hall–Kier alpha value is -4.07. The fourth-order valence-corrected chi connectivity index (χ4v) is 3.18. The first-order valence-electron chi connectivity index (χ1n) is 9.80. The number of carbonyl (C=O) groups excluding carboxylic acids is 1. The van der Waals surface area contributed by atoms with Gasteiger partial charge in [-0.05, 0) is 42.5 Å². The molecule has 2 aromatic heterocycles. The molecular formula is C23H21N5O3. The standard InChI is InChI=1S/C23H21N5O3/c1-31-18-8-6-16(7-9-18)21-12-17(25-14-26-21)13-24-22(29)10-11-28-15-27-20-5-3-2-4-19(20)23(28)30/h2-9,12,14-15H,10-11,13H2,1H3,(H,24,29). The third kappa shape index (κ3) is 4.75. The first kappa shape index (κ1) is 20.2. The zero-order valence-electron chi connectivity index (χ0n) is 17.0. The molecule has 0 bridgehead atoms. The molecule has 1 amide bonds. The maximum Gasteiger partial charge on any atom is 0.261 e. The highest BCUT2D eigenvalue weighted by Crippen LogP contribution is 2.20. The lowest BCUT2D eigenvalue weighted by Gasteiger charge is -2.08. The van der Waals surface area contributed by atoms with Gasteiger partial charge in [0.2, 0.25) is 5.91 Å². The number of aromatic nitrogens is 4. The summed E-state index contributed by atoms with van der Waals surface area (Å²) in [6.45, 7) is 0.527. The molecule has 0 saturated carbocycles. The molecule has 8 nitrogen and oxygen atoms in total. The molecule has 2 heterocycles. The summed E-state index contributed by atoms with van der Waals surface area (Å²) in [5.41, 5.74) is 2.87. The number of ether oxygens (including phenoxy) is 1. The van der Waals surface area contributed by atoms with E-state index < -0.39 is 0 Å². The van der Waals surface area contributed by atoms with Crippen LogP contribution in [-0.2, 0) is 17.9 Å². The molecule has 31 heavy (non-hydrogen) atoms. The maximum atomic E-state index is 12.5. The van der Waals surface area contributed by atoms with Crippen molar-refractivity contribution in [3.05, 3.63) is 83.3 Å². The van der Waals surface area contributed by atoms with E-state index in [-0.39, 0.29) is 31.0 Å². The van der Waals surface area contributed by atoms with Gasteiger partial charge < -0.3 is 10.1 Å². The van der Waals surface area contributed by atoms with Gasteiger partial charge in [-0.1, -0.05) is 12.1 Å². The molecule has 156 valence electrons. The van der Waals surface area contributed by atoms with Gasteiger partial charge in [-0.25, -0.2) is 15.0 Å². The van der Waals surface area contributed by atoms with Crippen molar-refractivity contribution in [3.63, 3.8) is 0 Å². The van der Waals surface area contributed by atoms with Gasteiger partial charge >= 0.3 is 0 Å². The normalized spacial score (nSPS) is 10.7. The highest BCUT2D eigenvalue weighted by atomic mass is 16.5. The summed E-state index contributed by atoms with van der Waals surface area (Å²) in [6.07, 6.45) is 3.11. The summed E-state index contributed by atoms with van der Waals surface area (Å²) in [5.74, 6) is 0.593. The minimum Gasteiger partial charge on any atom is -0.497 e. The molecular weight excluding hydrogens is 394 g/mol. The number of rotatable bonds is 7. The Balaban J connectivity index is 1.36. The topological polar surface area (TPSA) is 99.0 Å². The fourth-order valence-electron chi connectivity index (χ4n) is 3.18. The number of para-hydroxylation sites is 1. The van der Waals surface area contributed by atoms with E-state index in [9.17, 15) is 9.59 Å². The van der Waals surface area contributed by atoms with Crippen LogP contribution >= 0.6 is 0 Å². The molecule has 0 saturated heterocycles. The van der Waals surface area contributed by atoms with E-state index in [1.54, 1.807) is 25.3 Å². The highest BCUT2D eigenvalue weighted by molar-refractivity contribution is 5.77. The Morgan fingerprint density at radius 2 is 1.87 bits per heavy atom. The van der Waals surface area contributed by atoms with Gasteiger partial charge in [-0.2, -0.15) is 0 Å². The molecule has 8 heteroatoms. The average molecular weight is 415 g/mol. The predicted octanol–water partition coefficient (Wildman–Crippen LogP) is 2.57. The summed E-state index contributed by atoms with van der Waals surface area (Å²) < 4.78 is 6.62. The van der Waals surface area contributed by atoms with Gasteiger partial charge in [0.25, 0.3) is 5.56 Å². The van der Waals surface area contributed by atoms with Crippen LogP contribution in [0.3, 0.4) is 0 Å². The Bertz CT molecular complexity index is 1270. The lowest BCUT2D eigenvalue weighted by Crippen LogP contribution is -2.27. The Labute approximate surface area is 178 Å². The van der Waals surface area contributed by atoms with Crippen molar-refractivity contribution in [2.24, 2.45) is 0 Å². The molecule has 2 aromatic carbocycles. The van der Waals surface area contributed by atoms with E-state index in [2.05, 4.69) is 20.3 Å². The van der Waals surface area contributed by atoms with Crippen molar-refractivity contribution in [3.8, 4) is 17.0 Å². The Morgan fingerprint density at radius 3 is 2.68 bits per heavy atom. The molecule has 4 rings (SSSR count). The molecule has 0 aliphatic rings. The van der Waals surface area contributed by atoms with Crippen molar-refractivity contribution in [2.75, 3.05) is 7.11 Å². The van der Waals surface area contributed by atoms with Crippen molar-refractivity contribution in [2.45, 2.75) is 19.5 Å². The van der Waals surface area contributed by atoms with Crippen LogP contribution in [0.15, 0.2) is 72.0 Å². The van der Waals surface area contributed by atoms with Crippen molar-refractivity contribution in [1.82, 2.24) is 24.8 Å². The van der Waals surface area contributed by atoms with E-state index in [0.717, 1.165) is 17.0 Å². The third-order valence-electron chi connectivity index (χ3n) is 4.89. The van der Waals surface area contributed by atoms with Crippen LogP contribution < -0.4 is 15.6 Å². The smallest absolute Gasteiger partial charge is 0.261 e. The first-order valence-corrected chi connectivity index (χ1v) is 9.80. The summed E-state index contributed by atoms with van der Waals surface area (Å²) in [7, 11) is 1.62. The molecule has 1 N–H and O–H groups in total. The number of nitrogens with one attached hydrogen (secondary N) is 1. The number of nitrogens with zero attached hydrogens (tertiary/aromatic N) is 4. The van der Waals surface area contributed by atoms with E-state index in [1.807, 2.05) is 36.4 Å². The van der Waals surface area contributed by atoms with Gasteiger partial charge in [0.15, 0.2) is 0 Å². The molecule has 0 fully saturated rings. The number of hydrogen-bond donors (Lipinski definition) is 1. The number of hydrogen-bond acceptors (Lipinski definition) is 6. The highest BCUT2D eigenvalue weighted by Gasteiger charge is 2.08. The van der Waals surface area contributed by atoms with Gasteiger partial charge in [-0.3, -0.25) is 14.2 Å². The van der Waals surface area contributed by atoms with Crippen LogP contribution in [0, 0.1) is 0 Å². The van der Waals surface area contributed by atoms with E-state index in [1.165, 1.54) is 17.2 Å². The number of carbonyl (C=O) groups is 1. The van der Waals surface area contributed by atoms with E-state index in [0.29, 0.717) is 16.6 Å². The minimum absolute atomic E-state index is 0.154. The van der Waals surface area contributed by atoms with Gasteiger partial charge in [-0.15, -0.1) is 0 Å². The van der Waals surface area contributed by atoms with Crippen LogP contribution in [0.1, 0.15) is 12.1 Å². The monoisotopic (exact) mass is 415 g/mol. The second-order valence-electron chi connectivity index (χ2n) is 6.91. The van der Waals surface area contributed by atoms with Crippen molar-refractivity contribution in [1.29, 1.82) is 0 Å². The van der Waals surface area contributed by atoms with Crippen LogP contribution in [-0.4, -0.2) is 32.5 Å². The second-order valence-corrected chi connectivity index (χ2v) is 6.91.